The van der Waals surface area contributed by atoms with Crippen LogP contribution >= 0.6 is 0 Å². The van der Waals surface area contributed by atoms with E-state index in [1.54, 1.807) is 7.11 Å². The van der Waals surface area contributed by atoms with Gasteiger partial charge in [-0.25, -0.2) is 0 Å². The zero-order chi connectivity index (χ0) is 25.9. The van der Waals surface area contributed by atoms with E-state index in [-0.39, 0.29) is 0 Å². The standard InChI is InChI=1S/C34H30N2O2/c1-38-29-17-10-16-27(21-29)35-22-28(37)23-36-33(26-14-6-3-7-15-26)32(25-12-4-2-5-13-25)31-20-19-24-11-8-9-18-30(24)34(31)36/h2-21,28,35,37H,22-23H2,1H3/t28-/m1/s1. The van der Waals surface area contributed by atoms with E-state index in [1.165, 1.54) is 21.7 Å². The highest BCUT2D eigenvalue weighted by Gasteiger charge is 2.23. The van der Waals surface area contributed by atoms with Gasteiger partial charge in [0.25, 0.3) is 0 Å². The summed E-state index contributed by atoms with van der Waals surface area (Å²) in [6.45, 7) is 0.852. The number of rotatable bonds is 8. The molecule has 1 atom stereocenters. The lowest BCUT2D eigenvalue weighted by molar-refractivity contribution is 0.169. The fourth-order valence-electron chi connectivity index (χ4n) is 5.34. The average Bonchev–Trinajstić information content (AvgIpc) is 3.31. The van der Waals surface area contributed by atoms with Gasteiger partial charge in [-0.1, -0.05) is 103 Å². The summed E-state index contributed by atoms with van der Waals surface area (Å²) in [4.78, 5) is 0. The van der Waals surface area contributed by atoms with Crippen molar-refractivity contribution in [3.05, 3.63) is 121 Å². The highest BCUT2D eigenvalue weighted by atomic mass is 16.5. The molecule has 0 saturated heterocycles. The summed E-state index contributed by atoms with van der Waals surface area (Å²) in [7, 11) is 1.66. The van der Waals surface area contributed by atoms with Crippen molar-refractivity contribution in [3.8, 4) is 28.1 Å². The lowest BCUT2D eigenvalue weighted by atomic mass is 9.97. The Labute approximate surface area is 222 Å². The Hall–Kier alpha value is -4.54. The quantitative estimate of drug-likeness (QED) is 0.227. The molecule has 4 nitrogen and oxygen atoms in total. The molecule has 0 fully saturated rings. The molecule has 6 rings (SSSR count). The second kappa shape index (κ2) is 10.4. The van der Waals surface area contributed by atoms with E-state index in [0.29, 0.717) is 13.1 Å². The average molecular weight is 499 g/mol. The van der Waals surface area contributed by atoms with Gasteiger partial charge in [-0.15, -0.1) is 0 Å². The molecule has 0 amide bonds. The Kier molecular flexibility index (Phi) is 6.55. The molecule has 0 bridgehead atoms. The third-order valence-corrected chi connectivity index (χ3v) is 7.06. The number of anilines is 1. The molecule has 0 aliphatic carbocycles. The molecule has 5 aromatic carbocycles. The van der Waals surface area contributed by atoms with E-state index in [9.17, 15) is 5.11 Å². The van der Waals surface area contributed by atoms with Crippen LogP contribution in [0.4, 0.5) is 5.69 Å². The van der Waals surface area contributed by atoms with Gasteiger partial charge < -0.3 is 19.7 Å². The largest absolute Gasteiger partial charge is 0.497 e. The maximum Gasteiger partial charge on any atom is 0.120 e. The molecule has 4 heteroatoms. The minimum Gasteiger partial charge on any atom is -0.497 e. The van der Waals surface area contributed by atoms with Crippen molar-refractivity contribution in [3.63, 3.8) is 0 Å². The summed E-state index contributed by atoms with van der Waals surface area (Å²) in [5.41, 5.74) is 6.64. The maximum atomic E-state index is 11.4. The number of aliphatic hydroxyl groups excluding tert-OH is 1. The first-order valence-electron chi connectivity index (χ1n) is 12.9. The van der Waals surface area contributed by atoms with E-state index in [1.807, 2.05) is 36.4 Å². The van der Waals surface area contributed by atoms with Crippen LogP contribution in [0.15, 0.2) is 121 Å². The van der Waals surface area contributed by atoms with Crippen LogP contribution in [-0.2, 0) is 6.54 Å². The molecule has 6 aromatic rings. The second-order valence-electron chi connectivity index (χ2n) is 9.52. The van der Waals surface area contributed by atoms with E-state index in [2.05, 4.69) is 94.8 Å². The first-order chi connectivity index (χ1) is 18.7. The van der Waals surface area contributed by atoms with Gasteiger partial charge in [0.15, 0.2) is 0 Å². The number of methoxy groups -OCH3 is 1. The van der Waals surface area contributed by atoms with Gasteiger partial charge in [0, 0.05) is 34.6 Å². The summed E-state index contributed by atoms with van der Waals surface area (Å²) in [5.74, 6) is 0.784. The van der Waals surface area contributed by atoms with Crippen molar-refractivity contribution in [1.82, 2.24) is 4.57 Å². The molecule has 0 aliphatic heterocycles. The second-order valence-corrected chi connectivity index (χ2v) is 9.52. The lowest BCUT2D eigenvalue weighted by Gasteiger charge is -2.19. The molecule has 1 heterocycles. The Morgan fingerprint density at radius 1 is 0.737 bits per heavy atom. The van der Waals surface area contributed by atoms with Crippen molar-refractivity contribution in [2.24, 2.45) is 0 Å². The van der Waals surface area contributed by atoms with E-state index < -0.39 is 6.10 Å². The topological polar surface area (TPSA) is 46.4 Å². The SMILES string of the molecule is COc1cccc(NC[C@@H](O)Cn2c(-c3ccccc3)c(-c3ccccc3)c3ccc4ccccc4c32)c1. The van der Waals surface area contributed by atoms with E-state index in [4.69, 9.17) is 4.74 Å². The maximum absolute atomic E-state index is 11.4. The fraction of sp³-hybridized carbons (Fsp3) is 0.118. The number of ether oxygens (including phenoxy) is 1. The van der Waals surface area contributed by atoms with Gasteiger partial charge in [-0.3, -0.25) is 0 Å². The van der Waals surface area contributed by atoms with Gasteiger partial charge in [0.1, 0.15) is 5.75 Å². The zero-order valence-corrected chi connectivity index (χ0v) is 21.3. The van der Waals surface area contributed by atoms with Crippen LogP contribution in [-0.4, -0.2) is 29.4 Å². The number of aromatic nitrogens is 1. The highest BCUT2D eigenvalue weighted by molar-refractivity contribution is 6.15. The number of nitrogens with one attached hydrogen (secondary N) is 1. The van der Waals surface area contributed by atoms with Crippen molar-refractivity contribution in [1.29, 1.82) is 0 Å². The van der Waals surface area contributed by atoms with Gasteiger partial charge in [0.2, 0.25) is 0 Å². The molecule has 188 valence electrons. The minimum absolute atomic E-state index is 0.409. The number of fused-ring (bicyclic) bond motifs is 3. The van der Waals surface area contributed by atoms with E-state index >= 15 is 0 Å². The smallest absolute Gasteiger partial charge is 0.120 e. The summed E-state index contributed by atoms with van der Waals surface area (Å²) < 4.78 is 7.66. The molecule has 1 aromatic heterocycles. The Bertz CT molecular complexity index is 1690. The number of nitrogens with zero attached hydrogens (tertiary/aromatic N) is 1. The fourth-order valence-corrected chi connectivity index (χ4v) is 5.34. The predicted molar refractivity (Wildman–Crippen MR) is 158 cm³/mol. The van der Waals surface area contributed by atoms with Gasteiger partial charge in [-0.2, -0.15) is 0 Å². The zero-order valence-electron chi connectivity index (χ0n) is 21.3. The minimum atomic E-state index is -0.623. The molecule has 0 unspecified atom stereocenters. The molecular formula is C34H30N2O2. The highest BCUT2D eigenvalue weighted by Crippen LogP contribution is 2.43. The summed E-state index contributed by atoms with van der Waals surface area (Å²) >= 11 is 0. The van der Waals surface area contributed by atoms with Crippen LogP contribution in [0.3, 0.4) is 0 Å². The normalized spacial score (nSPS) is 12.1. The van der Waals surface area contributed by atoms with Gasteiger partial charge in [0.05, 0.1) is 31.0 Å². The van der Waals surface area contributed by atoms with Crippen LogP contribution in [0, 0.1) is 0 Å². The first kappa shape index (κ1) is 23.8. The number of aliphatic hydroxyl groups is 1. The molecule has 0 spiro atoms. The third kappa shape index (κ3) is 4.51. The van der Waals surface area contributed by atoms with Crippen molar-refractivity contribution in [2.45, 2.75) is 12.6 Å². The van der Waals surface area contributed by atoms with Crippen molar-refractivity contribution in [2.75, 3.05) is 19.0 Å². The van der Waals surface area contributed by atoms with Crippen molar-refractivity contribution < 1.29 is 9.84 Å². The van der Waals surface area contributed by atoms with Crippen LogP contribution in [0.5, 0.6) is 5.75 Å². The lowest BCUT2D eigenvalue weighted by Crippen LogP contribution is -2.25. The van der Waals surface area contributed by atoms with Crippen LogP contribution in [0.1, 0.15) is 0 Å². The Morgan fingerprint density at radius 3 is 2.21 bits per heavy atom. The first-order valence-corrected chi connectivity index (χ1v) is 12.9. The number of benzene rings is 5. The van der Waals surface area contributed by atoms with Crippen LogP contribution < -0.4 is 10.1 Å². The molecular weight excluding hydrogens is 468 g/mol. The van der Waals surface area contributed by atoms with Gasteiger partial charge >= 0.3 is 0 Å². The Balaban J connectivity index is 1.51. The monoisotopic (exact) mass is 498 g/mol. The molecule has 0 radical (unpaired) electrons. The number of hydrogen-bond acceptors (Lipinski definition) is 3. The third-order valence-electron chi connectivity index (χ3n) is 7.06. The van der Waals surface area contributed by atoms with Gasteiger partial charge in [-0.05, 0) is 28.6 Å². The molecule has 2 N–H and O–H groups in total. The predicted octanol–water partition coefficient (Wildman–Crippen LogP) is 7.61. The number of hydrogen-bond donors (Lipinski definition) is 2. The summed E-state index contributed by atoms with van der Waals surface area (Å²) in [6, 6.07) is 41.7. The van der Waals surface area contributed by atoms with E-state index in [0.717, 1.165) is 33.8 Å². The summed E-state index contributed by atoms with van der Waals surface area (Å²) in [6.07, 6.45) is -0.623. The van der Waals surface area contributed by atoms with Crippen LogP contribution in [0.2, 0.25) is 0 Å². The Morgan fingerprint density at radius 2 is 1.45 bits per heavy atom. The van der Waals surface area contributed by atoms with Crippen molar-refractivity contribution >= 4 is 27.4 Å². The summed E-state index contributed by atoms with van der Waals surface area (Å²) in [5, 5.41) is 18.3. The van der Waals surface area contributed by atoms with Crippen LogP contribution in [0.25, 0.3) is 44.1 Å². The molecule has 0 aliphatic rings. The molecule has 0 saturated carbocycles. The molecule has 38 heavy (non-hydrogen) atoms.